The van der Waals surface area contributed by atoms with Gasteiger partial charge in [-0.2, -0.15) is 0 Å². The molecule has 0 saturated carbocycles. The van der Waals surface area contributed by atoms with E-state index < -0.39 is 0 Å². The highest BCUT2D eigenvalue weighted by atomic mass is 19.1. The monoisotopic (exact) mass is 350 g/mol. The van der Waals surface area contributed by atoms with Gasteiger partial charge in [0, 0.05) is 30.7 Å². The van der Waals surface area contributed by atoms with Crippen molar-refractivity contribution in [3.63, 3.8) is 0 Å². The molecule has 1 saturated heterocycles. The van der Waals surface area contributed by atoms with Crippen LogP contribution in [-0.2, 0) is 9.53 Å². The lowest BCUT2D eigenvalue weighted by atomic mass is 9.93. The fourth-order valence-electron chi connectivity index (χ4n) is 3.31. The Hall–Kier alpha value is -1.46. The Morgan fingerprint density at radius 2 is 1.96 bits per heavy atom. The highest BCUT2D eigenvalue weighted by Crippen LogP contribution is 2.28. The van der Waals surface area contributed by atoms with Gasteiger partial charge >= 0.3 is 0 Å². The van der Waals surface area contributed by atoms with Gasteiger partial charge in [-0.25, -0.2) is 4.39 Å². The maximum atomic E-state index is 14.0. The van der Waals surface area contributed by atoms with Crippen molar-refractivity contribution in [1.29, 1.82) is 0 Å². The quantitative estimate of drug-likeness (QED) is 0.729. The predicted molar refractivity (Wildman–Crippen MR) is 97.8 cm³/mol. The Morgan fingerprint density at radius 3 is 2.60 bits per heavy atom. The third-order valence-electron chi connectivity index (χ3n) is 4.87. The molecule has 1 unspecified atom stereocenters. The highest BCUT2D eigenvalue weighted by molar-refractivity contribution is 5.78. The standard InChI is InChI=1S/C20H31FN2O2/c1-15(2)25-14-6-11-22-20(24)17-9-12-23(13-10-17)16(3)18-7-4-5-8-19(18)21/h4-5,7-8,15-17H,6,9-14H2,1-3H3,(H,22,24). The molecule has 0 aromatic heterocycles. The van der Waals surface area contributed by atoms with E-state index in [1.807, 2.05) is 32.9 Å². The van der Waals surface area contributed by atoms with Gasteiger partial charge in [0.25, 0.3) is 0 Å². The van der Waals surface area contributed by atoms with Gasteiger partial charge in [0.15, 0.2) is 0 Å². The SMILES string of the molecule is CC(C)OCCCNC(=O)C1CCN(C(C)c2ccccc2F)CC1. The van der Waals surface area contributed by atoms with Gasteiger partial charge in [0.2, 0.25) is 5.91 Å². The Morgan fingerprint density at radius 1 is 1.28 bits per heavy atom. The van der Waals surface area contributed by atoms with E-state index >= 15 is 0 Å². The average Bonchev–Trinajstić information content (AvgIpc) is 2.61. The molecule has 4 nitrogen and oxygen atoms in total. The molecule has 1 amide bonds. The Labute approximate surface area is 150 Å². The van der Waals surface area contributed by atoms with Gasteiger partial charge in [-0.05, 0) is 59.2 Å². The smallest absolute Gasteiger partial charge is 0.223 e. The lowest BCUT2D eigenvalue weighted by Gasteiger charge is -2.35. The fraction of sp³-hybridized carbons (Fsp3) is 0.650. The van der Waals surface area contributed by atoms with E-state index in [0.717, 1.165) is 37.9 Å². The number of carbonyl (C=O) groups is 1. The molecule has 0 radical (unpaired) electrons. The van der Waals surface area contributed by atoms with Crippen molar-refractivity contribution in [2.45, 2.75) is 52.2 Å². The van der Waals surface area contributed by atoms with Crippen LogP contribution in [0.25, 0.3) is 0 Å². The third-order valence-corrected chi connectivity index (χ3v) is 4.87. The number of nitrogens with zero attached hydrogens (tertiary/aromatic N) is 1. The predicted octanol–water partition coefficient (Wildman–Crippen LogP) is 3.53. The van der Waals surface area contributed by atoms with Crippen LogP contribution in [0.15, 0.2) is 24.3 Å². The Kier molecular flexibility index (Phi) is 7.85. The first-order valence-corrected chi connectivity index (χ1v) is 9.36. The van der Waals surface area contributed by atoms with Crippen LogP contribution in [0.2, 0.25) is 0 Å². The summed E-state index contributed by atoms with van der Waals surface area (Å²) < 4.78 is 19.4. The summed E-state index contributed by atoms with van der Waals surface area (Å²) in [5.74, 6) is 0.0521. The van der Waals surface area contributed by atoms with Crippen LogP contribution < -0.4 is 5.32 Å². The van der Waals surface area contributed by atoms with Gasteiger partial charge in [0.1, 0.15) is 5.82 Å². The molecule has 1 aliphatic heterocycles. The van der Waals surface area contributed by atoms with Gasteiger partial charge in [-0.3, -0.25) is 9.69 Å². The van der Waals surface area contributed by atoms with E-state index in [9.17, 15) is 9.18 Å². The normalized spacial score (nSPS) is 17.6. The second-order valence-electron chi connectivity index (χ2n) is 7.07. The molecule has 1 fully saturated rings. The minimum Gasteiger partial charge on any atom is -0.379 e. The molecule has 2 rings (SSSR count). The van der Waals surface area contributed by atoms with E-state index in [2.05, 4.69) is 10.2 Å². The molecule has 1 N–H and O–H groups in total. The maximum Gasteiger partial charge on any atom is 0.223 e. The van der Waals surface area contributed by atoms with E-state index in [1.165, 1.54) is 6.07 Å². The van der Waals surface area contributed by atoms with E-state index in [-0.39, 0.29) is 29.8 Å². The number of benzene rings is 1. The first-order chi connectivity index (χ1) is 12.0. The van der Waals surface area contributed by atoms with Crippen LogP contribution >= 0.6 is 0 Å². The maximum absolute atomic E-state index is 14.0. The van der Waals surface area contributed by atoms with Crippen molar-refractivity contribution in [3.05, 3.63) is 35.6 Å². The van der Waals surface area contributed by atoms with Crippen molar-refractivity contribution in [2.75, 3.05) is 26.2 Å². The van der Waals surface area contributed by atoms with Gasteiger partial charge < -0.3 is 10.1 Å². The van der Waals surface area contributed by atoms with Crippen molar-refractivity contribution in [1.82, 2.24) is 10.2 Å². The number of rotatable bonds is 8. The second kappa shape index (κ2) is 9.88. The first-order valence-electron chi connectivity index (χ1n) is 9.36. The fourth-order valence-corrected chi connectivity index (χ4v) is 3.31. The number of likely N-dealkylation sites (tertiary alicyclic amines) is 1. The largest absolute Gasteiger partial charge is 0.379 e. The summed E-state index contributed by atoms with van der Waals surface area (Å²) in [6, 6.07) is 6.98. The molecule has 1 aromatic carbocycles. The molecule has 25 heavy (non-hydrogen) atoms. The molecule has 0 aliphatic carbocycles. The van der Waals surface area contributed by atoms with Crippen LogP contribution in [0.3, 0.4) is 0 Å². The molecule has 1 heterocycles. The molecular formula is C20H31FN2O2. The van der Waals surface area contributed by atoms with E-state index in [4.69, 9.17) is 4.74 Å². The molecule has 1 aromatic rings. The van der Waals surface area contributed by atoms with Crippen molar-refractivity contribution >= 4 is 5.91 Å². The number of ether oxygens (including phenoxy) is 1. The topological polar surface area (TPSA) is 41.6 Å². The summed E-state index contributed by atoms with van der Waals surface area (Å²) in [4.78, 5) is 14.5. The number of piperidine rings is 1. The second-order valence-corrected chi connectivity index (χ2v) is 7.07. The van der Waals surface area contributed by atoms with Crippen LogP contribution in [0.5, 0.6) is 0 Å². The van der Waals surface area contributed by atoms with Crippen molar-refractivity contribution in [3.8, 4) is 0 Å². The molecule has 5 heteroatoms. The zero-order valence-corrected chi connectivity index (χ0v) is 15.6. The molecule has 140 valence electrons. The molecule has 1 atom stereocenters. The number of hydrogen-bond acceptors (Lipinski definition) is 3. The number of carbonyl (C=O) groups excluding carboxylic acids is 1. The van der Waals surface area contributed by atoms with E-state index in [1.54, 1.807) is 6.07 Å². The van der Waals surface area contributed by atoms with Gasteiger partial charge in [0.05, 0.1) is 6.10 Å². The first kappa shape index (κ1) is 19.9. The van der Waals surface area contributed by atoms with Crippen LogP contribution in [0.4, 0.5) is 4.39 Å². The van der Waals surface area contributed by atoms with E-state index in [0.29, 0.717) is 13.2 Å². The summed E-state index contributed by atoms with van der Waals surface area (Å²) in [5, 5.41) is 3.01. The van der Waals surface area contributed by atoms with Crippen LogP contribution in [0, 0.1) is 11.7 Å². The molecule has 0 bridgehead atoms. The molecule has 0 spiro atoms. The number of amides is 1. The van der Waals surface area contributed by atoms with Gasteiger partial charge in [-0.15, -0.1) is 0 Å². The summed E-state index contributed by atoms with van der Waals surface area (Å²) >= 11 is 0. The van der Waals surface area contributed by atoms with Crippen LogP contribution in [-0.4, -0.2) is 43.2 Å². The number of hydrogen-bond donors (Lipinski definition) is 1. The summed E-state index contributed by atoms with van der Waals surface area (Å²) in [5.41, 5.74) is 0.732. The highest BCUT2D eigenvalue weighted by Gasteiger charge is 2.28. The zero-order chi connectivity index (χ0) is 18.2. The summed E-state index contributed by atoms with van der Waals surface area (Å²) in [7, 11) is 0. The van der Waals surface area contributed by atoms with Crippen molar-refractivity contribution < 1.29 is 13.9 Å². The number of nitrogens with one attached hydrogen (secondary N) is 1. The molecule has 1 aliphatic rings. The Bertz CT molecular complexity index is 542. The lowest BCUT2D eigenvalue weighted by Crippen LogP contribution is -2.41. The molecular weight excluding hydrogens is 319 g/mol. The van der Waals surface area contributed by atoms with Crippen LogP contribution in [0.1, 0.15) is 51.6 Å². The summed E-state index contributed by atoms with van der Waals surface area (Å²) in [6.07, 6.45) is 2.73. The Balaban J connectivity index is 1.72. The number of halogens is 1. The lowest BCUT2D eigenvalue weighted by molar-refractivity contribution is -0.126. The minimum atomic E-state index is -0.154. The van der Waals surface area contributed by atoms with Crippen molar-refractivity contribution in [2.24, 2.45) is 5.92 Å². The average molecular weight is 350 g/mol. The van der Waals surface area contributed by atoms with Gasteiger partial charge in [-0.1, -0.05) is 18.2 Å². The zero-order valence-electron chi connectivity index (χ0n) is 15.6. The summed E-state index contributed by atoms with van der Waals surface area (Å²) in [6.45, 7) is 9.04. The minimum absolute atomic E-state index is 0.0402. The third kappa shape index (κ3) is 6.08.